The molecule has 0 fully saturated rings. The number of nitrogens with one attached hydrogen (secondary N) is 1. The molecule has 1 amide bonds. The molecule has 0 aliphatic heterocycles. The number of rotatable bonds is 4. The van der Waals surface area contributed by atoms with Crippen molar-refractivity contribution in [2.45, 2.75) is 19.4 Å². The molecule has 0 aliphatic rings. The number of anilines is 1. The van der Waals surface area contributed by atoms with Crippen molar-refractivity contribution in [2.75, 3.05) is 5.73 Å². The smallest absolute Gasteiger partial charge is 0.270 e. The highest BCUT2D eigenvalue weighted by Gasteiger charge is 2.16. The summed E-state index contributed by atoms with van der Waals surface area (Å²) in [5, 5.41) is 5.69. The lowest BCUT2D eigenvalue weighted by Gasteiger charge is -2.14. The van der Waals surface area contributed by atoms with Crippen molar-refractivity contribution in [3.8, 4) is 0 Å². The van der Waals surface area contributed by atoms with Crippen LogP contribution in [0.15, 0.2) is 29.9 Å². The number of aromatic nitrogens is 2. The minimum Gasteiger partial charge on any atom is -0.399 e. The van der Waals surface area contributed by atoms with Gasteiger partial charge in [0.25, 0.3) is 5.91 Å². The molecule has 0 aromatic carbocycles. The number of nitrogens with two attached hydrogens (primary N) is 1. The van der Waals surface area contributed by atoms with Crippen LogP contribution in [0.2, 0.25) is 0 Å². The van der Waals surface area contributed by atoms with E-state index in [1.807, 2.05) is 12.3 Å². The van der Waals surface area contributed by atoms with E-state index in [1.165, 1.54) is 17.5 Å². The van der Waals surface area contributed by atoms with Crippen LogP contribution in [-0.2, 0) is 0 Å². The standard InChI is InChI=1S/C12H14N4OS/c1-2-9(12-15-5-6-18-12)16-11(17)10-7-8(13)3-4-14-10/h3-7,9H,2H2,1H3,(H2,13,14)(H,16,17). The first-order valence-corrected chi connectivity index (χ1v) is 6.50. The maximum atomic E-state index is 12.0. The van der Waals surface area contributed by atoms with Gasteiger partial charge in [-0.25, -0.2) is 4.98 Å². The van der Waals surface area contributed by atoms with Crippen molar-refractivity contribution in [2.24, 2.45) is 0 Å². The van der Waals surface area contributed by atoms with Crippen LogP contribution in [-0.4, -0.2) is 15.9 Å². The molecule has 0 bridgehead atoms. The van der Waals surface area contributed by atoms with Gasteiger partial charge in [-0.05, 0) is 18.6 Å². The third-order valence-corrected chi connectivity index (χ3v) is 3.37. The second-order valence-electron chi connectivity index (χ2n) is 3.78. The molecule has 0 radical (unpaired) electrons. The Morgan fingerprint density at radius 3 is 2.94 bits per heavy atom. The van der Waals surface area contributed by atoms with Crippen LogP contribution in [0.1, 0.15) is 34.9 Å². The molecule has 2 rings (SSSR count). The van der Waals surface area contributed by atoms with Crippen molar-refractivity contribution in [3.05, 3.63) is 40.6 Å². The Kier molecular flexibility index (Phi) is 3.88. The molecule has 94 valence electrons. The highest BCUT2D eigenvalue weighted by molar-refractivity contribution is 7.09. The highest BCUT2D eigenvalue weighted by atomic mass is 32.1. The van der Waals surface area contributed by atoms with E-state index in [0.29, 0.717) is 11.4 Å². The number of hydrogen-bond donors (Lipinski definition) is 2. The first-order valence-electron chi connectivity index (χ1n) is 5.62. The van der Waals surface area contributed by atoms with E-state index in [2.05, 4.69) is 15.3 Å². The second-order valence-corrected chi connectivity index (χ2v) is 4.71. The molecular formula is C12H14N4OS. The first kappa shape index (κ1) is 12.5. The third kappa shape index (κ3) is 2.84. The largest absolute Gasteiger partial charge is 0.399 e. The van der Waals surface area contributed by atoms with Crippen LogP contribution >= 0.6 is 11.3 Å². The van der Waals surface area contributed by atoms with Crippen LogP contribution in [0.5, 0.6) is 0 Å². The molecule has 2 aromatic heterocycles. The predicted molar refractivity (Wildman–Crippen MR) is 71.3 cm³/mol. The monoisotopic (exact) mass is 262 g/mol. The molecule has 1 unspecified atom stereocenters. The normalized spacial score (nSPS) is 12.1. The van der Waals surface area contributed by atoms with E-state index in [-0.39, 0.29) is 11.9 Å². The topological polar surface area (TPSA) is 80.9 Å². The SMILES string of the molecule is CCC(NC(=O)c1cc(N)ccn1)c1nccs1. The third-order valence-electron chi connectivity index (χ3n) is 2.48. The van der Waals surface area contributed by atoms with E-state index in [4.69, 9.17) is 5.73 Å². The number of pyridine rings is 1. The molecule has 6 heteroatoms. The van der Waals surface area contributed by atoms with Gasteiger partial charge in [-0.3, -0.25) is 9.78 Å². The number of hydrogen-bond acceptors (Lipinski definition) is 5. The Morgan fingerprint density at radius 2 is 2.33 bits per heavy atom. The van der Waals surface area contributed by atoms with Gasteiger partial charge in [-0.1, -0.05) is 6.92 Å². The van der Waals surface area contributed by atoms with Crippen LogP contribution in [0.25, 0.3) is 0 Å². The van der Waals surface area contributed by atoms with E-state index < -0.39 is 0 Å². The van der Waals surface area contributed by atoms with Crippen molar-refractivity contribution in [1.82, 2.24) is 15.3 Å². The summed E-state index contributed by atoms with van der Waals surface area (Å²) in [6.45, 7) is 2.00. The lowest BCUT2D eigenvalue weighted by molar-refractivity contribution is 0.0930. The highest BCUT2D eigenvalue weighted by Crippen LogP contribution is 2.19. The first-order chi connectivity index (χ1) is 8.70. The molecule has 0 saturated carbocycles. The quantitative estimate of drug-likeness (QED) is 0.883. The van der Waals surface area contributed by atoms with Crippen molar-refractivity contribution in [1.29, 1.82) is 0 Å². The van der Waals surface area contributed by atoms with Gasteiger partial charge in [0, 0.05) is 23.5 Å². The number of carbonyl (C=O) groups is 1. The molecule has 0 saturated heterocycles. The predicted octanol–water partition coefficient (Wildman–Crippen LogP) is 2.00. The van der Waals surface area contributed by atoms with Gasteiger partial charge in [0.2, 0.25) is 0 Å². The van der Waals surface area contributed by atoms with Crippen LogP contribution in [0.3, 0.4) is 0 Å². The average molecular weight is 262 g/mol. The molecule has 2 heterocycles. The van der Waals surface area contributed by atoms with Crippen molar-refractivity contribution >= 4 is 22.9 Å². The maximum absolute atomic E-state index is 12.0. The fourth-order valence-electron chi connectivity index (χ4n) is 1.55. The van der Waals surface area contributed by atoms with Gasteiger partial charge in [0.15, 0.2) is 0 Å². The molecule has 18 heavy (non-hydrogen) atoms. The van der Waals surface area contributed by atoms with Gasteiger partial charge in [-0.15, -0.1) is 11.3 Å². The lowest BCUT2D eigenvalue weighted by atomic mass is 10.2. The molecule has 0 aliphatic carbocycles. The van der Waals surface area contributed by atoms with E-state index >= 15 is 0 Å². The average Bonchev–Trinajstić information content (AvgIpc) is 2.89. The number of amides is 1. The zero-order valence-corrected chi connectivity index (χ0v) is 10.8. The maximum Gasteiger partial charge on any atom is 0.270 e. The summed E-state index contributed by atoms with van der Waals surface area (Å²) in [5.41, 5.74) is 6.47. The van der Waals surface area contributed by atoms with E-state index in [9.17, 15) is 4.79 Å². The Labute approximate surface area is 109 Å². The Balaban J connectivity index is 2.11. The minimum absolute atomic E-state index is 0.0827. The van der Waals surface area contributed by atoms with Gasteiger partial charge in [0.1, 0.15) is 10.7 Å². The number of carbonyl (C=O) groups excluding carboxylic acids is 1. The molecular weight excluding hydrogens is 248 g/mol. The summed E-state index contributed by atoms with van der Waals surface area (Å²) < 4.78 is 0. The second kappa shape index (κ2) is 5.59. The number of thiazole rings is 1. The lowest BCUT2D eigenvalue weighted by Crippen LogP contribution is -2.28. The van der Waals surface area contributed by atoms with Crippen molar-refractivity contribution < 1.29 is 4.79 Å². The molecule has 2 aromatic rings. The number of nitrogens with zero attached hydrogens (tertiary/aromatic N) is 2. The molecule has 3 N–H and O–H groups in total. The summed E-state index contributed by atoms with van der Waals surface area (Å²) >= 11 is 1.53. The molecule has 1 atom stereocenters. The Morgan fingerprint density at radius 1 is 1.50 bits per heavy atom. The van der Waals surface area contributed by atoms with Gasteiger partial charge in [0.05, 0.1) is 6.04 Å². The van der Waals surface area contributed by atoms with E-state index in [1.54, 1.807) is 18.3 Å². The van der Waals surface area contributed by atoms with Crippen LogP contribution in [0, 0.1) is 0 Å². The summed E-state index contributed by atoms with van der Waals surface area (Å²) in [4.78, 5) is 20.2. The van der Waals surface area contributed by atoms with Crippen LogP contribution < -0.4 is 11.1 Å². The summed E-state index contributed by atoms with van der Waals surface area (Å²) in [6.07, 6.45) is 4.03. The van der Waals surface area contributed by atoms with Crippen molar-refractivity contribution in [3.63, 3.8) is 0 Å². The van der Waals surface area contributed by atoms with Gasteiger partial charge >= 0.3 is 0 Å². The van der Waals surface area contributed by atoms with E-state index in [0.717, 1.165) is 11.4 Å². The summed E-state index contributed by atoms with van der Waals surface area (Å²) in [7, 11) is 0. The zero-order valence-electron chi connectivity index (χ0n) is 9.96. The fraction of sp³-hybridized carbons (Fsp3) is 0.250. The number of nitrogen functional groups attached to an aromatic ring is 1. The summed E-state index contributed by atoms with van der Waals surface area (Å²) in [6, 6.07) is 3.12. The fourth-order valence-corrected chi connectivity index (χ4v) is 2.32. The minimum atomic E-state index is -0.232. The van der Waals surface area contributed by atoms with Gasteiger partial charge < -0.3 is 11.1 Å². The Hall–Kier alpha value is -1.95. The molecule has 5 nitrogen and oxygen atoms in total. The summed E-state index contributed by atoms with van der Waals surface area (Å²) in [5.74, 6) is -0.232. The molecule has 0 spiro atoms. The van der Waals surface area contributed by atoms with Gasteiger partial charge in [-0.2, -0.15) is 0 Å². The zero-order chi connectivity index (χ0) is 13.0. The van der Waals surface area contributed by atoms with Crippen LogP contribution in [0.4, 0.5) is 5.69 Å². The Bertz CT molecular complexity index is 527.